The average molecular weight is 336 g/mol. The normalized spacial score (nSPS) is 11.3. The fraction of sp³-hybridized carbons (Fsp3) is 0.176. The molecular weight excluding hydrogens is 320 g/mol. The first-order chi connectivity index (χ1) is 12.1. The largest absolute Gasteiger partial charge is 0.351 e. The zero-order chi connectivity index (χ0) is 17.6. The zero-order valence-corrected chi connectivity index (χ0v) is 13.8. The molecule has 3 heterocycles. The van der Waals surface area contributed by atoms with Crippen molar-refractivity contribution in [1.82, 2.24) is 28.7 Å². The number of aromatic nitrogens is 6. The molecule has 126 valence electrons. The Morgan fingerprint density at radius 2 is 1.92 bits per heavy atom. The molecule has 3 aromatic heterocycles. The number of nitrogens with zero attached hydrogens (tertiary/aromatic N) is 6. The molecule has 0 atom stereocenters. The quantitative estimate of drug-likeness (QED) is 0.561. The number of benzene rings is 1. The van der Waals surface area contributed by atoms with Gasteiger partial charge in [-0.2, -0.15) is 9.78 Å². The highest BCUT2D eigenvalue weighted by Crippen LogP contribution is 2.18. The summed E-state index contributed by atoms with van der Waals surface area (Å²) >= 11 is 0. The molecule has 0 spiro atoms. The maximum atomic E-state index is 12.5. The molecule has 0 bridgehead atoms. The summed E-state index contributed by atoms with van der Waals surface area (Å²) in [5, 5.41) is 5.38. The van der Waals surface area contributed by atoms with Crippen LogP contribution in [0, 0.1) is 0 Å². The van der Waals surface area contributed by atoms with E-state index in [1.165, 1.54) is 13.9 Å². The van der Waals surface area contributed by atoms with Gasteiger partial charge in [0.05, 0.1) is 23.1 Å². The van der Waals surface area contributed by atoms with Crippen LogP contribution in [0.1, 0.15) is 6.92 Å². The topological polar surface area (TPSA) is 79.6 Å². The van der Waals surface area contributed by atoms with Crippen LogP contribution in [0.3, 0.4) is 0 Å². The highest BCUT2D eigenvalue weighted by Gasteiger charge is 2.14. The monoisotopic (exact) mass is 336 g/mol. The Kier molecular flexibility index (Phi) is 3.38. The molecule has 0 aliphatic heterocycles. The summed E-state index contributed by atoms with van der Waals surface area (Å²) in [5.74, 6) is 0. The van der Waals surface area contributed by atoms with E-state index >= 15 is 0 Å². The van der Waals surface area contributed by atoms with Gasteiger partial charge in [0.2, 0.25) is 0 Å². The summed E-state index contributed by atoms with van der Waals surface area (Å²) in [6.45, 7) is 2.11. The molecule has 4 rings (SSSR count). The van der Waals surface area contributed by atoms with Crippen molar-refractivity contribution in [2.75, 3.05) is 0 Å². The van der Waals surface area contributed by atoms with Crippen LogP contribution in [0.2, 0.25) is 0 Å². The second kappa shape index (κ2) is 5.59. The van der Waals surface area contributed by atoms with E-state index in [9.17, 15) is 9.59 Å². The van der Waals surface area contributed by atoms with Crippen LogP contribution in [0.4, 0.5) is 0 Å². The third-order valence-corrected chi connectivity index (χ3v) is 4.18. The second-order valence-electron chi connectivity index (χ2n) is 5.67. The molecule has 0 fully saturated rings. The molecule has 0 saturated heterocycles. The number of rotatable bonds is 3. The van der Waals surface area contributed by atoms with Crippen molar-refractivity contribution in [3.8, 4) is 11.4 Å². The standard InChI is InChI=1S/C17H16N6O2/c1-3-21-16(24)20(2)23(17(21)25)13-6-7-15-12(9-13)11-22(19-15)14-5-4-8-18-10-14/h4-11H,3H2,1-2H3. The number of pyridine rings is 1. The van der Waals surface area contributed by atoms with Crippen molar-refractivity contribution < 1.29 is 0 Å². The number of hydrogen-bond donors (Lipinski definition) is 0. The summed E-state index contributed by atoms with van der Waals surface area (Å²) in [7, 11) is 1.58. The number of hydrogen-bond acceptors (Lipinski definition) is 4. The predicted octanol–water partition coefficient (Wildman–Crippen LogP) is 1.09. The Bertz CT molecular complexity index is 1180. The van der Waals surface area contributed by atoms with Crippen molar-refractivity contribution >= 4 is 10.9 Å². The van der Waals surface area contributed by atoms with E-state index in [2.05, 4.69) is 10.1 Å². The highest BCUT2D eigenvalue weighted by atomic mass is 16.2. The summed E-state index contributed by atoms with van der Waals surface area (Å²) < 4.78 is 5.62. The molecular formula is C17H16N6O2. The van der Waals surface area contributed by atoms with Gasteiger partial charge in [-0.05, 0) is 37.3 Å². The average Bonchev–Trinajstić information content (AvgIpc) is 3.14. The smallest absolute Gasteiger partial charge is 0.262 e. The van der Waals surface area contributed by atoms with Crippen molar-refractivity contribution in [1.29, 1.82) is 0 Å². The lowest BCUT2D eigenvalue weighted by molar-refractivity contribution is 0.626. The fourth-order valence-electron chi connectivity index (χ4n) is 2.91. The summed E-state index contributed by atoms with van der Waals surface area (Å²) in [6.07, 6.45) is 5.30. The molecule has 0 unspecified atom stereocenters. The van der Waals surface area contributed by atoms with Gasteiger partial charge in [0.1, 0.15) is 0 Å². The number of fused-ring (bicyclic) bond motifs is 1. The molecule has 4 aromatic rings. The van der Waals surface area contributed by atoms with Crippen molar-refractivity contribution in [2.45, 2.75) is 13.5 Å². The third kappa shape index (κ3) is 2.30. The summed E-state index contributed by atoms with van der Waals surface area (Å²) in [4.78, 5) is 28.7. The van der Waals surface area contributed by atoms with E-state index in [-0.39, 0.29) is 11.4 Å². The van der Waals surface area contributed by atoms with E-state index in [1.54, 1.807) is 37.1 Å². The molecule has 0 saturated carbocycles. The van der Waals surface area contributed by atoms with Crippen molar-refractivity contribution in [3.63, 3.8) is 0 Å². The van der Waals surface area contributed by atoms with Crippen LogP contribution >= 0.6 is 0 Å². The Balaban J connectivity index is 1.89. The second-order valence-corrected chi connectivity index (χ2v) is 5.67. The molecule has 0 radical (unpaired) electrons. The van der Waals surface area contributed by atoms with Crippen LogP contribution < -0.4 is 11.4 Å². The van der Waals surface area contributed by atoms with Gasteiger partial charge in [-0.1, -0.05) is 0 Å². The van der Waals surface area contributed by atoms with Gasteiger partial charge in [-0.15, -0.1) is 0 Å². The first-order valence-corrected chi connectivity index (χ1v) is 7.89. The van der Waals surface area contributed by atoms with Gasteiger partial charge in [0.15, 0.2) is 0 Å². The van der Waals surface area contributed by atoms with E-state index in [4.69, 9.17) is 0 Å². The lowest BCUT2D eigenvalue weighted by Gasteiger charge is -2.04. The Morgan fingerprint density at radius 3 is 2.60 bits per heavy atom. The summed E-state index contributed by atoms with van der Waals surface area (Å²) in [5.41, 5.74) is 1.57. The van der Waals surface area contributed by atoms with E-state index in [1.807, 2.05) is 30.5 Å². The van der Waals surface area contributed by atoms with Crippen LogP contribution in [0.15, 0.2) is 58.5 Å². The van der Waals surface area contributed by atoms with Gasteiger partial charge < -0.3 is 0 Å². The lowest BCUT2D eigenvalue weighted by Crippen LogP contribution is -2.27. The Labute approximate surface area is 142 Å². The van der Waals surface area contributed by atoms with E-state index in [0.29, 0.717) is 12.2 Å². The lowest BCUT2D eigenvalue weighted by atomic mass is 10.2. The maximum absolute atomic E-state index is 12.5. The van der Waals surface area contributed by atoms with Crippen LogP contribution in [-0.2, 0) is 13.6 Å². The first-order valence-electron chi connectivity index (χ1n) is 7.89. The van der Waals surface area contributed by atoms with E-state index in [0.717, 1.165) is 16.6 Å². The van der Waals surface area contributed by atoms with Gasteiger partial charge in [-0.3, -0.25) is 4.98 Å². The predicted molar refractivity (Wildman–Crippen MR) is 93.4 cm³/mol. The molecule has 8 heteroatoms. The molecule has 8 nitrogen and oxygen atoms in total. The van der Waals surface area contributed by atoms with Crippen LogP contribution in [0.25, 0.3) is 22.3 Å². The summed E-state index contributed by atoms with van der Waals surface area (Å²) in [6, 6.07) is 9.21. The van der Waals surface area contributed by atoms with Crippen molar-refractivity contribution in [2.24, 2.45) is 7.05 Å². The molecule has 1 aromatic carbocycles. The third-order valence-electron chi connectivity index (χ3n) is 4.18. The Morgan fingerprint density at radius 1 is 1.08 bits per heavy atom. The van der Waals surface area contributed by atoms with Gasteiger partial charge >= 0.3 is 11.4 Å². The minimum absolute atomic E-state index is 0.333. The molecule has 25 heavy (non-hydrogen) atoms. The molecule has 0 aliphatic rings. The Hall–Kier alpha value is -3.42. The van der Waals surface area contributed by atoms with Gasteiger partial charge in [0, 0.05) is 31.4 Å². The van der Waals surface area contributed by atoms with Crippen molar-refractivity contribution in [3.05, 3.63) is 69.9 Å². The van der Waals surface area contributed by atoms with Gasteiger partial charge in [0.25, 0.3) is 0 Å². The first kappa shape index (κ1) is 15.1. The minimum atomic E-state index is -0.353. The molecule has 0 N–H and O–H groups in total. The zero-order valence-electron chi connectivity index (χ0n) is 13.8. The SMILES string of the molecule is CCn1c(=O)n(C)n(-c2ccc3nn(-c4cccnc4)cc3c2)c1=O. The van der Waals surface area contributed by atoms with Crippen LogP contribution in [-0.4, -0.2) is 28.7 Å². The van der Waals surface area contributed by atoms with Gasteiger partial charge in [-0.25, -0.2) is 23.5 Å². The molecule has 0 amide bonds. The van der Waals surface area contributed by atoms with Crippen LogP contribution in [0.5, 0.6) is 0 Å². The molecule has 0 aliphatic carbocycles. The van der Waals surface area contributed by atoms with E-state index < -0.39 is 0 Å². The fourth-order valence-corrected chi connectivity index (χ4v) is 2.91. The maximum Gasteiger partial charge on any atom is 0.351 e. The minimum Gasteiger partial charge on any atom is -0.262 e. The highest BCUT2D eigenvalue weighted by molar-refractivity contribution is 5.80.